The molecule has 2 heterocycles. The van der Waals surface area contributed by atoms with Crippen LogP contribution in [0.1, 0.15) is 28.8 Å². The number of carbonyl (C=O) groups is 1. The molecule has 0 saturated carbocycles. The summed E-state index contributed by atoms with van der Waals surface area (Å²) in [5.41, 5.74) is 2.23. The zero-order valence-corrected chi connectivity index (χ0v) is 19.1. The fraction of sp³-hybridized carbons (Fsp3) is 0.435. The van der Waals surface area contributed by atoms with Gasteiger partial charge in [0.25, 0.3) is 15.9 Å². The molecular formula is C23H30N4O4S. The second-order valence-corrected chi connectivity index (χ2v) is 9.84. The quantitative estimate of drug-likeness (QED) is 0.588. The third kappa shape index (κ3) is 5.23. The van der Waals surface area contributed by atoms with Crippen molar-refractivity contribution >= 4 is 27.3 Å². The number of sulfonamides is 1. The van der Waals surface area contributed by atoms with E-state index < -0.39 is 10.0 Å². The van der Waals surface area contributed by atoms with Crippen LogP contribution in [0.2, 0.25) is 0 Å². The number of benzene rings is 2. The Labute approximate surface area is 189 Å². The van der Waals surface area contributed by atoms with Gasteiger partial charge in [0, 0.05) is 44.9 Å². The highest BCUT2D eigenvalue weighted by Gasteiger charge is 2.23. The van der Waals surface area contributed by atoms with Crippen molar-refractivity contribution in [3.05, 3.63) is 53.6 Å². The largest absolute Gasteiger partial charge is 0.376 e. The Morgan fingerprint density at radius 1 is 1.19 bits per heavy atom. The maximum absolute atomic E-state index is 13.2. The fourth-order valence-electron chi connectivity index (χ4n) is 4.11. The molecular weight excluding hydrogens is 428 g/mol. The summed E-state index contributed by atoms with van der Waals surface area (Å²) in [5, 5.41) is 6.21. The molecule has 0 bridgehead atoms. The van der Waals surface area contributed by atoms with E-state index >= 15 is 0 Å². The van der Waals surface area contributed by atoms with Gasteiger partial charge in [-0.1, -0.05) is 18.2 Å². The van der Waals surface area contributed by atoms with Crippen LogP contribution in [0.4, 0.5) is 11.4 Å². The van der Waals surface area contributed by atoms with Crippen LogP contribution < -0.4 is 20.3 Å². The molecule has 2 aliphatic rings. The normalized spacial score (nSPS) is 19.0. The van der Waals surface area contributed by atoms with Gasteiger partial charge >= 0.3 is 0 Å². The molecule has 4 rings (SSSR count). The first-order valence-electron chi connectivity index (χ1n) is 11.0. The lowest BCUT2D eigenvalue weighted by atomic mass is 10.1. The fourth-order valence-corrected chi connectivity index (χ4v) is 5.42. The molecule has 2 saturated heterocycles. The summed E-state index contributed by atoms with van der Waals surface area (Å²) in [6, 6.07) is 12.0. The van der Waals surface area contributed by atoms with Crippen LogP contribution in [0.25, 0.3) is 0 Å². The average molecular weight is 459 g/mol. The van der Waals surface area contributed by atoms with Crippen LogP contribution >= 0.6 is 0 Å². The minimum Gasteiger partial charge on any atom is -0.376 e. The first-order chi connectivity index (χ1) is 15.4. The van der Waals surface area contributed by atoms with Crippen molar-refractivity contribution in [2.75, 3.05) is 49.0 Å². The Bertz CT molecular complexity index is 1060. The Morgan fingerprint density at radius 3 is 2.69 bits per heavy atom. The van der Waals surface area contributed by atoms with E-state index in [1.54, 1.807) is 43.3 Å². The summed E-state index contributed by atoms with van der Waals surface area (Å²) in [4.78, 5) is 15.1. The molecule has 0 spiro atoms. The van der Waals surface area contributed by atoms with Gasteiger partial charge in [0.1, 0.15) is 0 Å². The standard InChI is InChI=1S/C23H30N4O4S/c1-17-5-2-3-7-22(17)32(29,30)26-20-15-18(23(28)25-16-19-6-4-14-31-19)8-9-21(20)27-12-10-24-11-13-27/h2-3,5,7-9,15,19,24,26H,4,6,10-14,16H2,1H3,(H,25,28). The molecule has 3 N–H and O–H groups in total. The molecule has 2 fully saturated rings. The first-order valence-corrected chi connectivity index (χ1v) is 12.5. The Hall–Kier alpha value is -2.62. The lowest BCUT2D eigenvalue weighted by molar-refractivity contribution is 0.0858. The first kappa shape index (κ1) is 22.6. The second kappa shape index (κ2) is 9.89. The topological polar surface area (TPSA) is 99.8 Å². The molecule has 0 aromatic heterocycles. The van der Waals surface area contributed by atoms with Gasteiger partial charge in [-0.05, 0) is 49.6 Å². The van der Waals surface area contributed by atoms with Crippen LogP contribution in [-0.2, 0) is 14.8 Å². The number of hydrogen-bond donors (Lipinski definition) is 3. The van der Waals surface area contributed by atoms with E-state index in [1.165, 1.54) is 0 Å². The van der Waals surface area contributed by atoms with E-state index in [9.17, 15) is 13.2 Å². The zero-order valence-electron chi connectivity index (χ0n) is 18.3. The van der Waals surface area contributed by atoms with Crippen LogP contribution in [0.3, 0.4) is 0 Å². The third-order valence-electron chi connectivity index (χ3n) is 5.86. The van der Waals surface area contributed by atoms with Gasteiger partial charge in [-0.3, -0.25) is 9.52 Å². The number of nitrogens with one attached hydrogen (secondary N) is 3. The number of anilines is 2. The highest BCUT2D eigenvalue weighted by Crippen LogP contribution is 2.30. The summed E-state index contributed by atoms with van der Waals surface area (Å²) in [7, 11) is -3.82. The van der Waals surface area contributed by atoms with Gasteiger partial charge in [-0.25, -0.2) is 8.42 Å². The minimum absolute atomic E-state index is 0.0399. The van der Waals surface area contributed by atoms with Crippen molar-refractivity contribution in [3.8, 4) is 0 Å². The van der Waals surface area contributed by atoms with Gasteiger partial charge < -0.3 is 20.3 Å². The van der Waals surface area contributed by atoms with Crippen LogP contribution in [0.15, 0.2) is 47.4 Å². The average Bonchev–Trinajstić information content (AvgIpc) is 3.32. The zero-order chi connectivity index (χ0) is 22.6. The third-order valence-corrected chi connectivity index (χ3v) is 7.38. The van der Waals surface area contributed by atoms with Gasteiger partial charge in [0.2, 0.25) is 0 Å². The van der Waals surface area contributed by atoms with Crippen molar-refractivity contribution in [2.24, 2.45) is 0 Å². The molecule has 2 aliphatic heterocycles. The number of amides is 1. The molecule has 1 unspecified atom stereocenters. The summed E-state index contributed by atoms with van der Waals surface area (Å²) < 4.78 is 34.7. The number of hydrogen-bond acceptors (Lipinski definition) is 6. The number of piperazine rings is 1. The van der Waals surface area contributed by atoms with Gasteiger partial charge in [0.15, 0.2) is 0 Å². The number of rotatable bonds is 7. The van der Waals surface area contributed by atoms with Gasteiger partial charge in [-0.15, -0.1) is 0 Å². The number of carbonyl (C=O) groups excluding carboxylic acids is 1. The van der Waals surface area contributed by atoms with E-state index in [2.05, 4.69) is 20.3 Å². The van der Waals surface area contributed by atoms with E-state index in [-0.39, 0.29) is 16.9 Å². The van der Waals surface area contributed by atoms with Crippen molar-refractivity contribution < 1.29 is 17.9 Å². The van der Waals surface area contributed by atoms with E-state index in [1.807, 2.05) is 6.07 Å². The summed E-state index contributed by atoms with van der Waals surface area (Å²) in [5.74, 6) is -0.247. The maximum atomic E-state index is 13.2. The Kier molecular flexibility index (Phi) is 6.98. The number of aryl methyl sites for hydroxylation is 1. The smallest absolute Gasteiger partial charge is 0.262 e. The lowest BCUT2D eigenvalue weighted by Gasteiger charge is -2.31. The van der Waals surface area contributed by atoms with Crippen molar-refractivity contribution in [1.82, 2.24) is 10.6 Å². The van der Waals surface area contributed by atoms with Gasteiger partial charge in [-0.2, -0.15) is 0 Å². The Morgan fingerprint density at radius 2 is 1.97 bits per heavy atom. The van der Waals surface area contributed by atoms with Gasteiger partial charge in [0.05, 0.1) is 22.4 Å². The molecule has 0 aliphatic carbocycles. The van der Waals surface area contributed by atoms with E-state index in [4.69, 9.17) is 4.74 Å². The predicted molar refractivity (Wildman–Crippen MR) is 125 cm³/mol. The summed E-state index contributed by atoms with van der Waals surface area (Å²) >= 11 is 0. The molecule has 172 valence electrons. The molecule has 2 aromatic carbocycles. The molecule has 0 radical (unpaired) electrons. The highest BCUT2D eigenvalue weighted by atomic mass is 32.2. The van der Waals surface area contributed by atoms with E-state index in [0.29, 0.717) is 23.4 Å². The molecule has 1 atom stereocenters. The molecule has 8 nitrogen and oxygen atoms in total. The van der Waals surface area contributed by atoms with Crippen LogP contribution in [-0.4, -0.2) is 59.8 Å². The van der Waals surface area contributed by atoms with Crippen molar-refractivity contribution in [1.29, 1.82) is 0 Å². The second-order valence-electron chi connectivity index (χ2n) is 8.19. The SMILES string of the molecule is Cc1ccccc1S(=O)(=O)Nc1cc(C(=O)NCC2CCCO2)ccc1N1CCNCC1. The van der Waals surface area contributed by atoms with Crippen molar-refractivity contribution in [2.45, 2.75) is 30.8 Å². The van der Waals surface area contributed by atoms with Crippen molar-refractivity contribution in [3.63, 3.8) is 0 Å². The van der Waals surface area contributed by atoms with Crippen LogP contribution in [0, 0.1) is 6.92 Å². The molecule has 1 amide bonds. The molecule has 9 heteroatoms. The predicted octanol–water partition coefficient (Wildman–Crippen LogP) is 2.11. The minimum atomic E-state index is -3.82. The highest BCUT2D eigenvalue weighted by molar-refractivity contribution is 7.92. The Balaban J connectivity index is 1.61. The maximum Gasteiger partial charge on any atom is 0.262 e. The number of ether oxygens (including phenoxy) is 1. The van der Waals surface area contributed by atoms with E-state index in [0.717, 1.165) is 51.3 Å². The summed E-state index contributed by atoms with van der Waals surface area (Å²) in [6.07, 6.45) is 1.98. The van der Waals surface area contributed by atoms with Crippen LogP contribution in [0.5, 0.6) is 0 Å². The molecule has 32 heavy (non-hydrogen) atoms. The lowest BCUT2D eigenvalue weighted by Crippen LogP contribution is -2.43. The number of nitrogens with zero attached hydrogens (tertiary/aromatic N) is 1. The monoisotopic (exact) mass is 458 g/mol. The summed E-state index contributed by atoms with van der Waals surface area (Å²) in [6.45, 7) is 6.07. The molecule has 2 aromatic rings.